The molecule has 1 aromatic rings. The van der Waals surface area contributed by atoms with E-state index in [4.69, 9.17) is 15.2 Å². The van der Waals surface area contributed by atoms with Crippen LogP contribution in [0.3, 0.4) is 0 Å². The van der Waals surface area contributed by atoms with Crippen LogP contribution >= 0.6 is 0 Å². The summed E-state index contributed by atoms with van der Waals surface area (Å²) >= 11 is 0. The molecule has 17 heavy (non-hydrogen) atoms. The van der Waals surface area contributed by atoms with E-state index in [1.807, 2.05) is 0 Å². The van der Waals surface area contributed by atoms with Crippen molar-refractivity contribution in [1.29, 1.82) is 0 Å². The van der Waals surface area contributed by atoms with Crippen molar-refractivity contribution in [2.45, 2.75) is 19.4 Å². The molecule has 5 nitrogen and oxygen atoms in total. The first-order valence-electron chi connectivity index (χ1n) is 5.52. The number of nitrogens with two attached hydrogens (primary N) is 1. The Morgan fingerprint density at radius 3 is 2.82 bits per heavy atom. The first kappa shape index (κ1) is 11.7. The molecule has 0 spiro atoms. The molecule has 1 unspecified atom stereocenters. The number of aromatic hydroxyl groups is 1. The van der Waals surface area contributed by atoms with Gasteiger partial charge in [0.25, 0.3) is 0 Å². The molecule has 0 bridgehead atoms. The summed E-state index contributed by atoms with van der Waals surface area (Å²) in [5.74, 6) is 0.288. The van der Waals surface area contributed by atoms with Crippen molar-refractivity contribution in [3.8, 4) is 17.2 Å². The Kier molecular flexibility index (Phi) is 3.19. The van der Waals surface area contributed by atoms with Gasteiger partial charge in [-0.15, -0.1) is 0 Å². The van der Waals surface area contributed by atoms with E-state index in [1.54, 1.807) is 13.0 Å². The maximum Gasteiger partial charge on any atom is 0.186 e. The van der Waals surface area contributed by atoms with Crippen molar-refractivity contribution in [3.05, 3.63) is 17.7 Å². The molecule has 3 N–H and O–H groups in total. The van der Waals surface area contributed by atoms with Gasteiger partial charge in [0.2, 0.25) is 0 Å². The van der Waals surface area contributed by atoms with Crippen molar-refractivity contribution in [2.24, 2.45) is 5.73 Å². The second kappa shape index (κ2) is 4.63. The van der Waals surface area contributed by atoms with Crippen molar-refractivity contribution in [1.82, 2.24) is 0 Å². The molecule has 1 aromatic carbocycles. The Balaban J connectivity index is 2.53. The third kappa shape index (κ3) is 2.19. The molecule has 0 aromatic heterocycles. The van der Waals surface area contributed by atoms with E-state index in [2.05, 4.69) is 0 Å². The van der Waals surface area contributed by atoms with Gasteiger partial charge in [0, 0.05) is 6.42 Å². The lowest BCUT2D eigenvalue weighted by Gasteiger charge is -2.14. The van der Waals surface area contributed by atoms with Crippen molar-refractivity contribution in [3.63, 3.8) is 0 Å². The molecule has 0 radical (unpaired) electrons. The van der Waals surface area contributed by atoms with Gasteiger partial charge >= 0.3 is 0 Å². The summed E-state index contributed by atoms with van der Waals surface area (Å²) in [7, 11) is 0. The second-order valence-electron chi connectivity index (χ2n) is 3.99. The minimum atomic E-state index is -0.695. The number of Topliss-reactive ketones (excluding diaryl/α,β-unsaturated/α-hetero) is 1. The minimum Gasteiger partial charge on any atom is -0.507 e. The van der Waals surface area contributed by atoms with Crippen LogP contribution < -0.4 is 15.2 Å². The molecule has 0 amide bonds. The molecule has 0 saturated heterocycles. The van der Waals surface area contributed by atoms with Crippen LogP contribution in [0.2, 0.25) is 0 Å². The smallest absolute Gasteiger partial charge is 0.186 e. The fourth-order valence-electron chi connectivity index (χ4n) is 1.69. The van der Waals surface area contributed by atoms with Gasteiger partial charge in [-0.3, -0.25) is 4.79 Å². The summed E-state index contributed by atoms with van der Waals surface area (Å²) in [6.07, 6.45) is 0.737. The number of hydrogen-bond donors (Lipinski definition) is 2. The lowest BCUT2D eigenvalue weighted by Crippen LogP contribution is -2.27. The summed E-state index contributed by atoms with van der Waals surface area (Å²) in [5, 5.41) is 9.77. The van der Waals surface area contributed by atoms with Crippen molar-refractivity contribution >= 4 is 5.78 Å². The topological polar surface area (TPSA) is 81.8 Å². The Morgan fingerprint density at radius 1 is 1.41 bits per heavy atom. The Hall–Kier alpha value is -1.75. The van der Waals surface area contributed by atoms with Gasteiger partial charge in [0.05, 0.1) is 19.3 Å². The molecule has 1 aliphatic heterocycles. The normalized spacial score (nSPS) is 16.1. The maximum atomic E-state index is 11.9. The minimum absolute atomic E-state index is 0.111. The maximum absolute atomic E-state index is 11.9. The SMILES string of the molecule is CC(N)C(=O)c1c(O)ccc2c1OCCCO2. The number of phenolic OH excluding ortho intramolecular Hbond substituents is 1. The average molecular weight is 237 g/mol. The zero-order valence-corrected chi connectivity index (χ0v) is 9.60. The first-order valence-corrected chi connectivity index (χ1v) is 5.52. The number of hydrogen-bond acceptors (Lipinski definition) is 5. The van der Waals surface area contributed by atoms with Gasteiger partial charge in [0.1, 0.15) is 11.3 Å². The van der Waals surface area contributed by atoms with Crippen LogP contribution in [0, 0.1) is 0 Å². The number of benzene rings is 1. The summed E-state index contributed by atoms with van der Waals surface area (Å²) in [4.78, 5) is 11.9. The monoisotopic (exact) mass is 237 g/mol. The highest BCUT2D eigenvalue weighted by molar-refractivity contribution is 6.05. The molecular formula is C12H15NO4. The summed E-state index contributed by atoms with van der Waals surface area (Å²) in [6, 6.07) is 2.32. The van der Waals surface area contributed by atoms with Gasteiger partial charge in [-0.25, -0.2) is 0 Å². The number of ether oxygens (including phenoxy) is 2. The Morgan fingerprint density at radius 2 is 2.12 bits per heavy atom. The van der Waals surface area contributed by atoms with Gasteiger partial charge in [-0.05, 0) is 19.1 Å². The van der Waals surface area contributed by atoms with Crippen molar-refractivity contribution < 1.29 is 19.4 Å². The highest BCUT2D eigenvalue weighted by Gasteiger charge is 2.25. The summed E-state index contributed by atoms with van der Waals surface area (Å²) < 4.78 is 10.9. The van der Waals surface area contributed by atoms with E-state index >= 15 is 0 Å². The molecule has 0 aliphatic carbocycles. The number of rotatable bonds is 2. The number of phenols is 1. The number of carbonyl (C=O) groups is 1. The number of ketones is 1. The van der Waals surface area contributed by atoms with E-state index in [0.717, 1.165) is 6.42 Å². The molecule has 1 heterocycles. The van der Waals surface area contributed by atoms with E-state index in [0.29, 0.717) is 24.7 Å². The standard InChI is InChI=1S/C12H15NO4/c1-7(13)11(15)10-8(14)3-4-9-12(10)17-6-2-5-16-9/h3-4,7,14H,2,5-6,13H2,1H3. The summed E-state index contributed by atoms with van der Waals surface area (Å²) in [5.41, 5.74) is 5.66. The van der Waals surface area contributed by atoms with E-state index in [-0.39, 0.29) is 17.1 Å². The lowest BCUT2D eigenvalue weighted by molar-refractivity contribution is 0.0961. The molecule has 92 valence electrons. The predicted octanol–water partition coefficient (Wildman–Crippen LogP) is 1.08. The highest BCUT2D eigenvalue weighted by atomic mass is 16.5. The molecule has 0 saturated carbocycles. The molecule has 1 aliphatic rings. The van der Waals surface area contributed by atoms with Crippen LogP contribution in [0.25, 0.3) is 0 Å². The van der Waals surface area contributed by atoms with Crippen LogP contribution in [-0.2, 0) is 0 Å². The van der Waals surface area contributed by atoms with Gasteiger partial charge in [0.15, 0.2) is 17.3 Å². The van der Waals surface area contributed by atoms with Crippen LogP contribution in [0.4, 0.5) is 0 Å². The van der Waals surface area contributed by atoms with Crippen LogP contribution in [-0.4, -0.2) is 30.1 Å². The fourth-order valence-corrected chi connectivity index (χ4v) is 1.69. The number of carbonyl (C=O) groups excluding carboxylic acids is 1. The zero-order chi connectivity index (χ0) is 12.4. The van der Waals surface area contributed by atoms with Crippen LogP contribution in [0.5, 0.6) is 17.2 Å². The van der Waals surface area contributed by atoms with E-state index in [9.17, 15) is 9.90 Å². The summed E-state index contributed by atoms with van der Waals surface area (Å²) in [6.45, 7) is 2.55. The molecule has 2 rings (SSSR count). The third-order valence-corrected chi connectivity index (χ3v) is 2.55. The molecular weight excluding hydrogens is 222 g/mol. The second-order valence-corrected chi connectivity index (χ2v) is 3.99. The van der Waals surface area contributed by atoms with E-state index < -0.39 is 6.04 Å². The van der Waals surface area contributed by atoms with Gasteiger partial charge in [-0.2, -0.15) is 0 Å². The third-order valence-electron chi connectivity index (χ3n) is 2.55. The number of fused-ring (bicyclic) bond motifs is 1. The molecule has 0 fully saturated rings. The predicted molar refractivity (Wildman–Crippen MR) is 61.7 cm³/mol. The van der Waals surface area contributed by atoms with E-state index in [1.165, 1.54) is 6.07 Å². The van der Waals surface area contributed by atoms with Crippen LogP contribution in [0.1, 0.15) is 23.7 Å². The van der Waals surface area contributed by atoms with Crippen LogP contribution in [0.15, 0.2) is 12.1 Å². The fraction of sp³-hybridized carbons (Fsp3) is 0.417. The lowest BCUT2D eigenvalue weighted by atomic mass is 10.0. The largest absolute Gasteiger partial charge is 0.507 e. The Labute approximate surface area is 99.1 Å². The average Bonchev–Trinajstić information content (AvgIpc) is 2.53. The molecule has 1 atom stereocenters. The zero-order valence-electron chi connectivity index (χ0n) is 9.60. The first-order chi connectivity index (χ1) is 8.11. The Bertz CT molecular complexity index is 442. The van der Waals surface area contributed by atoms with Gasteiger partial charge < -0.3 is 20.3 Å². The van der Waals surface area contributed by atoms with Gasteiger partial charge in [-0.1, -0.05) is 0 Å². The van der Waals surface area contributed by atoms with Crippen molar-refractivity contribution in [2.75, 3.05) is 13.2 Å². The highest BCUT2D eigenvalue weighted by Crippen LogP contribution is 2.38. The molecule has 5 heteroatoms. The quantitative estimate of drug-likeness (QED) is 0.752.